The Bertz CT molecular complexity index is 1460. The zero-order valence-electron chi connectivity index (χ0n) is 18.0. The molecular weight excluding hydrogens is 482 g/mol. The number of carbonyl (C=O) groups excluding carboxylic acids is 2. The fourth-order valence-corrected chi connectivity index (χ4v) is 6.01. The highest BCUT2D eigenvalue weighted by Gasteiger charge is 2.40. The van der Waals surface area contributed by atoms with Gasteiger partial charge in [-0.3, -0.25) is 9.59 Å². The first-order valence-electron chi connectivity index (χ1n) is 10.5. The minimum absolute atomic E-state index is 0.00943. The number of hydrogen-bond donors (Lipinski definition) is 1. The lowest BCUT2D eigenvalue weighted by Crippen LogP contribution is -2.38. The number of nitrogens with one attached hydrogen (secondary N) is 1. The van der Waals surface area contributed by atoms with Crippen LogP contribution in [0.3, 0.4) is 0 Å². The van der Waals surface area contributed by atoms with Gasteiger partial charge in [0.1, 0.15) is 18.2 Å². The molecule has 8 nitrogen and oxygen atoms in total. The highest BCUT2D eigenvalue weighted by molar-refractivity contribution is 7.92. The van der Waals surface area contributed by atoms with E-state index in [9.17, 15) is 26.8 Å². The number of sulfone groups is 1. The monoisotopic (exact) mass is 500 g/mol. The summed E-state index contributed by atoms with van der Waals surface area (Å²) in [6.07, 6.45) is -0.436. The molecule has 35 heavy (non-hydrogen) atoms. The minimum atomic E-state index is -4.05. The van der Waals surface area contributed by atoms with E-state index < -0.39 is 51.5 Å². The van der Waals surface area contributed by atoms with Crippen molar-refractivity contribution in [2.45, 2.75) is 16.6 Å². The fourth-order valence-electron chi connectivity index (χ4n) is 4.09. The Balaban J connectivity index is 1.49. The normalized spacial score (nSPS) is 18.1. The molecule has 0 spiro atoms. The third-order valence-corrected chi connectivity index (χ3v) is 7.92. The number of carbonyl (C=O) groups is 2. The number of anilines is 2. The first-order chi connectivity index (χ1) is 16.7. The van der Waals surface area contributed by atoms with Crippen LogP contribution < -0.4 is 19.7 Å². The number of rotatable bonds is 4. The number of para-hydroxylation sites is 1. The number of ether oxygens (including phenoxy) is 2. The largest absolute Gasteiger partial charge is 0.454 e. The number of amides is 2. The van der Waals surface area contributed by atoms with Gasteiger partial charge in [-0.1, -0.05) is 18.2 Å². The Kier molecular flexibility index (Phi) is 5.64. The van der Waals surface area contributed by atoms with Gasteiger partial charge in [-0.2, -0.15) is 0 Å². The maximum atomic E-state index is 14.0. The number of hydrogen-bond acceptors (Lipinski definition) is 6. The summed E-state index contributed by atoms with van der Waals surface area (Å²) >= 11 is 0. The second-order valence-corrected chi connectivity index (χ2v) is 10.1. The van der Waals surface area contributed by atoms with Crippen molar-refractivity contribution in [3.05, 3.63) is 77.9 Å². The smallest absolute Gasteiger partial charge is 0.244 e. The average Bonchev–Trinajstić information content (AvgIpc) is 3.28. The molecule has 3 aromatic carbocycles. The van der Waals surface area contributed by atoms with Crippen molar-refractivity contribution in [2.24, 2.45) is 0 Å². The van der Waals surface area contributed by atoms with Gasteiger partial charge in [0.05, 0.1) is 21.5 Å². The highest BCUT2D eigenvalue weighted by Crippen LogP contribution is 2.43. The Labute approximate surface area is 199 Å². The van der Waals surface area contributed by atoms with Gasteiger partial charge in [0, 0.05) is 12.5 Å². The summed E-state index contributed by atoms with van der Waals surface area (Å²) in [4.78, 5) is 26.9. The zero-order chi connectivity index (χ0) is 24.7. The number of halogens is 2. The summed E-state index contributed by atoms with van der Waals surface area (Å²) in [5.41, 5.74) is 0.116. The molecule has 2 amide bonds. The van der Waals surface area contributed by atoms with Crippen molar-refractivity contribution < 1.29 is 36.3 Å². The third kappa shape index (κ3) is 4.18. The Hall–Kier alpha value is -3.99. The van der Waals surface area contributed by atoms with Gasteiger partial charge in [0.15, 0.2) is 21.3 Å². The Morgan fingerprint density at radius 2 is 1.80 bits per heavy atom. The molecule has 2 heterocycles. The van der Waals surface area contributed by atoms with Crippen LogP contribution in [0.4, 0.5) is 20.2 Å². The van der Waals surface area contributed by atoms with Gasteiger partial charge in [0.25, 0.3) is 0 Å². The highest BCUT2D eigenvalue weighted by atomic mass is 32.2. The molecule has 5 rings (SSSR count). The molecule has 0 aliphatic carbocycles. The number of fused-ring (bicyclic) bond motifs is 2. The van der Waals surface area contributed by atoms with E-state index in [1.54, 1.807) is 18.2 Å². The minimum Gasteiger partial charge on any atom is -0.454 e. The van der Waals surface area contributed by atoms with Crippen molar-refractivity contribution in [3.63, 3.8) is 0 Å². The van der Waals surface area contributed by atoms with Crippen LogP contribution in [0.2, 0.25) is 0 Å². The van der Waals surface area contributed by atoms with E-state index in [-0.39, 0.29) is 23.1 Å². The van der Waals surface area contributed by atoms with E-state index in [1.807, 2.05) is 0 Å². The molecule has 11 heteroatoms. The standard InChI is InChI=1S/C24H18F2N2O6S/c25-15-6-7-17(16(26)10-15)27-23(29)12-28-18-3-1-2-4-21(18)35(31,32)22(11-24(28)30)14-5-8-19-20(9-14)34-13-33-19/h1-10,22H,11-13H2,(H,27,29). The van der Waals surface area contributed by atoms with E-state index in [1.165, 1.54) is 24.3 Å². The molecule has 0 saturated heterocycles. The van der Waals surface area contributed by atoms with Crippen molar-refractivity contribution >= 4 is 33.0 Å². The molecular formula is C24H18F2N2O6S. The van der Waals surface area contributed by atoms with Gasteiger partial charge >= 0.3 is 0 Å². The van der Waals surface area contributed by atoms with Crippen molar-refractivity contribution in [3.8, 4) is 11.5 Å². The van der Waals surface area contributed by atoms with E-state index >= 15 is 0 Å². The van der Waals surface area contributed by atoms with Crippen LogP contribution >= 0.6 is 0 Å². The average molecular weight is 500 g/mol. The number of benzene rings is 3. The first kappa shape index (κ1) is 22.8. The van der Waals surface area contributed by atoms with Gasteiger partial charge in [-0.05, 0) is 42.0 Å². The lowest BCUT2D eigenvalue weighted by atomic mass is 10.1. The van der Waals surface area contributed by atoms with Crippen LogP contribution in [0, 0.1) is 11.6 Å². The van der Waals surface area contributed by atoms with E-state index in [2.05, 4.69) is 5.32 Å². The number of nitrogens with zero attached hydrogens (tertiary/aromatic N) is 1. The summed E-state index contributed by atoms with van der Waals surface area (Å²) in [7, 11) is -4.05. The summed E-state index contributed by atoms with van der Waals surface area (Å²) in [6.45, 7) is -0.564. The second kappa shape index (κ2) is 8.66. The van der Waals surface area contributed by atoms with Crippen LogP contribution in [-0.2, 0) is 19.4 Å². The first-order valence-corrected chi connectivity index (χ1v) is 12.1. The topological polar surface area (TPSA) is 102 Å². The second-order valence-electron chi connectivity index (χ2n) is 7.97. The summed E-state index contributed by atoms with van der Waals surface area (Å²) < 4.78 is 65.0. The molecule has 3 aromatic rings. The molecule has 2 aliphatic heterocycles. The van der Waals surface area contributed by atoms with E-state index in [0.717, 1.165) is 17.0 Å². The van der Waals surface area contributed by atoms with Crippen LogP contribution in [0.5, 0.6) is 11.5 Å². The van der Waals surface area contributed by atoms with Crippen LogP contribution in [-0.4, -0.2) is 33.6 Å². The molecule has 0 fully saturated rings. The SMILES string of the molecule is O=C(CN1C(=O)CC(c2ccc3c(c2)OCO3)S(=O)(=O)c2ccccc21)Nc1ccc(F)cc1F. The summed E-state index contributed by atoms with van der Waals surface area (Å²) in [5, 5.41) is 1.07. The van der Waals surface area contributed by atoms with Gasteiger partial charge < -0.3 is 19.7 Å². The summed E-state index contributed by atoms with van der Waals surface area (Å²) in [6, 6.07) is 13.2. The van der Waals surface area contributed by atoms with Crippen LogP contribution in [0.25, 0.3) is 0 Å². The zero-order valence-corrected chi connectivity index (χ0v) is 18.8. The maximum Gasteiger partial charge on any atom is 0.244 e. The molecule has 0 aromatic heterocycles. The molecule has 0 saturated carbocycles. The van der Waals surface area contributed by atoms with E-state index in [4.69, 9.17) is 9.47 Å². The molecule has 1 N–H and O–H groups in total. The molecule has 2 aliphatic rings. The lowest BCUT2D eigenvalue weighted by Gasteiger charge is -2.22. The molecule has 0 bridgehead atoms. The van der Waals surface area contributed by atoms with Crippen LogP contribution in [0.1, 0.15) is 17.2 Å². The van der Waals surface area contributed by atoms with Crippen molar-refractivity contribution in [1.82, 2.24) is 0 Å². The molecule has 180 valence electrons. The molecule has 1 atom stereocenters. The van der Waals surface area contributed by atoms with Gasteiger partial charge in [-0.25, -0.2) is 17.2 Å². The Morgan fingerprint density at radius 1 is 1.03 bits per heavy atom. The van der Waals surface area contributed by atoms with Crippen molar-refractivity contribution in [2.75, 3.05) is 23.6 Å². The third-order valence-electron chi connectivity index (χ3n) is 5.77. The van der Waals surface area contributed by atoms with E-state index in [0.29, 0.717) is 23.1 Å². The lowest BCUT2D eigenvalue weighted by molar-refractivity contribution is -0.121. The van der Waals surface area contributed by atoms with Gasteiger partial charge in [0.2, 0.25) is 18.6 Å². The Morgan fingerprint density at radius 3 is 2.60 bits per heavy atom. The summed E-state index contributed by atoms with van der Waals surface area (Å²) in [5.74, 6) is -2.34. The molecule has 0 radical (unpaired) electrons. The van der Waals surface area contributed by atoms with Crippen molar-refractivity contribution in [1.29, 1.82) is 0 Å². The fraction of sp³-hybridized carbons (Fsp3) is 0.167. The van der Waals surface area contributed by atoms with Crippen LogP contribution in [0.15, 0.2) is 65.6 Å². The predicted molar refractivity (Wildman–Crippen MR) is 121 cm³/mol. The molecule has 1 unspecified atom stereocenters. The van der Waals surface area contributed by atoms with Gasteiger partial charge in [-0.15, -0.1) is 0 Å². The quantitative estimate of drug-likeness (QED) is 0.588. The maximum absolute atomic E-state index is 14.0. The predicted octanol–water partition coefficient (Wildman–Crippen LogP) is 3.58.